The van der Waals surface area contributed by atoms with Crippen LogP contribution in [0.1, 0.15) is 24.3 Å². The van der Waals surface area contributed by atoms with Gasteiger partial charge in [-0.15, -0.1) is 0 Å². The normalized spacial score (nSPS) is 22.4. The van der Waals surface area contributed by atoms with E-state index in [1.54, 1.807) is 18.2 Å². The van der Waals surface area contributed by atoms with Gasteiger partial charge in [0, 0.05) is 5.56 Å². The van der Waals surface area contributed by atoms with Gasteiger partial charge >= 0.3 is 0 Å². The fourth-order valence-electron chi connectivity index (χ4n) is 2.32. The zero-order valence-corrected chi connectivity index (χ0v) is 9.12. The molecule has 0 radical (unpaired) electrons. The molecule has 2 rings (SSSR count). The fraction of sp³-hybridized carbons (Fsp3) is 0.462. The average Bonchev–Trinajstić information content (AvgIpc) is 2.34. The molecule has 1 saturated heterocycles. The second-order valence-electron chi connectivity index (χ2n) is 4.23. The molecular weight excluding hydrogens is 203 g/mol. The van der Waals surface area contributed by atoms with Crippen LogP contribution in [0.2, 0.25) is 0 Å². The van der Waals surface area contributed by atoms with Crippen LogP contribution in [0.5, 0.6) is 0 Å². The number of hydrogen-bond donors (Lipinski definition) is 1. The highest BCUT2D eigenvalue weighted by Crippen LogP contribution is 2.30. The van der Waals surface area contributed by atoms with Gasteiger partial charge in [-0.25, -0.2) is 4.39 Å². The van der Waals surface area contributed by atoms with Gasteiger partial charge in [0.15, 0.2) is 0 Å². The molecule has 2 unspecified atom stereocenters. The summed E-state index contributed by atoms with van der Waals surface area (Å²) in [4.78, 5) is 0. The van der Waals surface area contributed by atoms with E-state index in [4.69, 9.17) is 0 Å². The van der Waals surface area contributed by atoms with Crippen LogP contribution in [0.15, 0.2) is 24.3 Å². The smallest absolute Gasteiger partial charge is 0.127 e. The molecule has 1 N–H and O–H groups in total. The van der Waals surface area contributed by atoms with Crippen LogP contribution < -0.4 is 5.32 Å². The summed E-state index contributed by atoms with van der Waals surface area (Å²) in [6.45, 7) is 1.82. The molecule has 16 heavy (non-hydrogen) atoms. The van der Waals surface area contributed by atoms with Crippen LogP contribution in [0.3, 0.4) is 0 Å². The second kappa shape index (κ2) is 5.09. The number of nitrogens with zero attached hydrogens (tertiary/aromatic N) is 1. The molecule has 84 valence electrons. The van der Waals surface area contributed by atoms with E-state index in [9.17, 15) is 9.65 Å². The Hall–Kier alpha value is -1.40. The zero-order valence-electron chi connectivity index (χ0n) is 9.12. The Labute approximate surface area is 95.1 Å². The molecule has 1 aliphatic heterocycles. The first kappa shape index (κ1) is 11.1. The summed E-state index contributed by atoms with van der Waals surface area (Å²) in [5.74, 6) is -0.357. The number of benzene rings is 1. The summed E-state index contributed by atoms with van der Waals surface area (Å²) >= 11 is 0. The molecular formula is C13H15FN2. The largest absolute Gasteiger partial charge is 0.316 e. The van der Waals surface area contributed by atoms with Crippen molar-refractivity contribution >= 4 is 0 Å². The molecule has 0 amide bonds. The molecule has 0 aliphatic carbocycles. The van der Waals surface area contributed by atoms with Crippen molar-refractivity contribution in [3.05, 3.63) is 35.6 Å². The predicted molar refractivity (Wildman–Crippen MR) is 60.3 cm³/mol. The molecule has 2 nitrogen and oxygen atoms in total. The molecule has 2 atom stereocenters. The third-order valence-corrected chi connectivity index (χ3v) is 3.19. The maximum absolute atomic E-state index is 13.6. The van der Waals surface area contributed by atoms with E-state index >= 15 is 0 Å². The Kier molecular flexibility index (Phi) is 3.53. The number of hydrogen-bond acceptors (Lipinski definition) is 2. The summed E-state index contributed by atoms with van der Waals surface area (Å²) in [5.41, 5.74) is 0.540. The first-order valence-corrected chi connectivity index (χ1v) is 5.67. The van der Waals surface area contributed by atoms with E-state index < -0.39 is 0 Å². The van der Waals surface area contributed by atoms with Gasteiger partial charge in [0.05, 0.1) is 12.0 Å². The lowest BCUT2D eigenvalue weighted by molar-refractivity contribution is 0.350. The van der Waals surface area contributed by atoms with Crippen molar-refractivity contribution in [1.82, 2.24) is 5.32 Å². The molecule has 1 heterocycles. The van der Waals surface area contributed by atoms with Crippen LogP contribution in [-0.4, -0.2) is 13.1 Å². The quantitative estimate of drug-likeness (QED) is 0.827. The van der Waals surface area contributed by atoms with E-state index in [1.807, 2.05) is 0 Å². The van der Waals surface area contributed by atoms with Gasteiger partial charge in [0.25, 0.3) is 0 Å². The van der Waals surface area contributed by atoms with Gasteiger partial charge in [-0.2, -0.15) is 5.26 Å². The van der Waals surface area contributed by atoms with Crippen molar-refractivity contribution in [2.24, 2.45) is 5.92 Å². The molecule has 1 aromatic carbocycles. The maximum Gasteiger partial charge on any atom is 0.127 e. The molecule has 0 saturated carbocycles. The van der Waals surface area contributed by atoms with Crippen LogP contribution in [-0.2, 0) is 0 Å². The summed E-state index contributed by atoms with van der Waals surface area (Å²) in [5, 5.41) is 12.5. The third kappa shape index (κ3) is 2.23. The minimum atomic E-state index is -0.325. The van der Waals surface area contributed by atoms with Gasteiger partial charge in [0.2, 0.25) is 0 Å². The lowest BCUT2D eigenvalue weighted by Gasteiger charge is -2.27. The molecule has 3 heteroatoms. The topological polar surface area (TPSA) is 35.8 Å². The second-order valence-corrected chi connectivity index (χ2v) is 4.23. The Morgan fingerprint density at radius 3 is 2.88 bits per heavy atom. The number of nitriles is 1. The predicted octanol–water partition coefficient (Wildman–Crippen LogP) is 2.43. The molecule has 0 bridgehead atoms. The van der Waals surface area contributed by atoms with Crippen molar-refractivity contribution in [3.63, 3.8) is 0 Å². The fourth-order valence-corrected chi connectivity index (χ4v) is 2.32. The highest BCUT2D eigenvalue weighted by Gasteiger charge is 2.26. The van der Waals surface area contributed by atoms with Crippen molar-refractivity contribution in [2.75, 3.05) is 13.1 Å². The molecule has 1 fully saturated rings. The summed E-state index contributed by atoms with van der Waals surface area (Å²) < 4.78 is 13.6. The van der Waals surface area contributed by atoms with Crippen molar-refractivity contribution in [2.45, 2.75) is 18.8 Å². The first-order chi connectivity index (χ1) is 7.83. The van der Waals surface area contributed by atoms with Crippen LogP contribution >= 0.6 is 0 Å². The highest BCUT2D eigenvalue weighted by molar-refractivity contribution is 5.27. The lowest BCUT2D eigenvalue weighted by Crippen LogP contribution is -2.33. The number of rotatable bonds is 2. The zero-order chi connectivity index (χ0) is 11.4. The minimum absolute atomic E-state index is 0.232. The number of nitrogens with one attached hydrogen (secondary N) is 1. The van der Waals surface area contributed by atoms with Crippen LogP contribution in [0, 0.1) is 23.1 Å². The minimum Gasteiger partial charge on any atom is -0.316 e. The Bertz CT molecular complexity index is 391. The van der Waals surface area contributed by atoms with E-state index in [2.05, 4.69) is 11.4 Å². The Morgan fingerprint density at radius 1 is 1.44 bits per heavy atom. The van der Waals surface area contributed by atoms with Crippen molar-refractivity contribution in [3.8, 4) is 6.07 Å². The van der Waals surface area contributed by atoms with E-state index in [0.29, 0.717) is 5.56 Å². The van der Waals surface area contributed by atoms with Gasteiger partial charge in [-0.05, 0) is 37.9 Å². The van der Waals surface area contributed by atoms with Gasteiger partial charge in [-0.1, -0.05) is 18.2 Å². The van der Waals surface area contributed by atoms with E-state index in [1.165, 1.54) is 6.07 Å². The van der Waals surface area contributed by atoms with Gasteiger partial charge in [0.1, 0.15) is 5.82 Å². The maximum atomic E-state index is 13.6. The summed E-state index contributed by atoms with van der Waals surface area (Å²) in [6, 6.07) is 8.85. The lowest BCUT2D eigenvalue weighted by atomic mass is 9.82. The Balaban J connectivity index is 2.22. The van der Waals surface area contributed by atoms with E-state index in [-0.39, 0.29) is 17.7 Å². The van der Waals surface area contributed by atoms with Gasteiger partial charge < -0.3 is 5.32 Å². The number of halogens is 1. The van der Waals surface area contributed by atoms with Gasteiger partial charge in [-0.3, -0.25) is 0 Å². The molecule has 0 aromatic heterocycles. The third-order valence-electron chi connectivity index (χ3n) is 3.19. The monoisotopic (exact) mass is 218 g/mol. The Morgan fingerprint density at radius 2 is 2.25 bits per heavy atom. The van der Waals surface area contributed by atoms with Crippen LogP contribution in [0.4, 0.5) is 4.39 Å². The van der Waals surface area contributed by atoms with Crippen LogP contribution in [0.25, 0.3) is 0 Å². The highest BCUT2D eigenvalue weighted by atomic mass is 19.1. The number of piperidine rings is 1. The average molecular weight is 218 g/mol. The summed E-state index contributed by atoms with van der Waals surface area (Å²) in [6.07, 6.45) is 2.07. The van der Waals surface area contributed by atoms with E-state index in [0.717, 1.165) is 25.9 Å². The molecule has 1 aromatic rings. The standard InChI is InChI=1S/C13H15FN2/c14-13-6-2-1-5-11(13)12(8-15)10-4-3-7-16-9-10/h1-2,5-6,10,12,16H,3-4,7,9H2. The molecule has 1 aliphatic rings. The SMILES string of the molecule is N#CC(c1ccccc1F)C1CCCNC1. The van der Waals surface area contributed by atoms with Crippen molar-refractivity contribution in [1.29, 1.82) is 5.26 Å². The first-order valence-electron chi connectivity index (χ1n) is 5.67. The van der Waals surface area contributed by atoms with Crippen molar-refractivity contribution < 1.29 is 4.39 Å². The molecule has 0 spiro atoms. The summed E-state index contributed by atoms with van der Waals surface area (Å²) in [7, 11) is 0.